The van der Waals surface area contributed by atoms with E-state index in [9.17, 15) is 13.6 Å². The van der Waals surface area contributed by atoms with E-state index in [-0.39, 0.29) is 18.6 Å². The summed E-state index contributed by atoms with van der Waals surface area (Å²) in [5.74, 6) is -2.28. The fourth-order valence-corrected chi connectivity index (χ4v) is 1.60. The number of ether oxygens (including phenoxy) is 1. The van der Waals surface area contributed by atoms with Gasteiger partial charge in [-0.3, -0.25) is 4.79 Å². The Hall–Kier alpha value is -1.69. The number of nitrogens with one attached hydrogen (secondary N) is 1. The molecule has 0 saturated carbocycles. The first kappa shape index (κ1) is 15.4. The van der Waals surface area contributed by atoms with E-state index < -0.39 is 28.8 Å². The third-order valence-electron chi connectivity index (χ3n) is 2.78. The van der Waals surface area contributed by atoms with Crippen LogP contribution in [0.25, 0.3) is 0 Å². The second kappa shape index (κ2) is 6.47. The number of carbonyl (C=O) groups excluding carboxylic acids is 1. The zero-order valence-electron chi connectivity index (χ0n) is 11.2. The van der Waals surface area contributed by atoms with E-state index in [1.54, 1.807) is 0 Å². The molecule has 6 heteroatoms. The Bertz CT molecular complexity index is 464. The van der Waals surface area contributed by atoms with Gasteiger partial charge in [0.05, 0.1) is 23.9 Å². The molecule has 0 aliphatic heterocycles. The zero-order chi connectivity index (χ0) is 14.6. The van der Waals surface area contributed by atoms with Crippen molar-refractivity contribution in [3.63, 3.8) is 0 Å². The second-order valence-corrected chi connectivity index (χ2v) is 4.64. The summed E-state index contributed by atoms with van der Waals surface area (Å²) in [6, 6.07) is 1.37. The Balaban J connectivity index is 2.94. The minimum absolute atomic E-state index is 0.0952. The fourth-order valence-electron chi connectivity index (χ4n) is 1.60. The minimum Gasteiger partial charge on any atom is -0.396 e. The summed E-state index contributed by atoms with van der Waals surface area (Å²) in [7, 11) is 1.50. The Kier molecular flexibility index (Phi) is 5.23. The number of rotatable bonds is 5. The van der Waals surface area contributed by atoms with Crippen molar-refractivity contribution >= 4 is 11.6 Å². The molecule has 1 atom stereocenters. The maximum atomic E-state index is 13.7. The molecule has 0 fully saturated rings. The van der Waals surface area contributed by atoms with Crippen LogP contribution in [0.3, 0.4) is 0 Å². The molecular formula is C13H18F2N2O2. The van der Waals surface area contributed by atoms with Crippen molar-refractivity contribution < 1.29 is 18.3 Å². The molecule has 3 N–H and O–H groups in total. The van der Waals surface area contributed by atoms with Crippen LogP contribution in [0, 0.1) is 17.6 Å². The van der Waals surface area contributed by atoms with Crippen LogP contribution in [-0.2, 0) is 4.74 Å². The molecule has 0 radical (unpaired) electrons. The Labute approximate surface area is 110 Å². The van der Waals surface area contributed by atoms with Gasteiger partial charge >= 0.3 is 0 Å². The SMILES string of the molecule is COCC(NC(=O)c1cc(F)cc(N)c1F)C(C)C. The van der Waals surface area contributed by atoms with Crippen LogP contribution in [0.1, 0.15) is 24.2 Å². The maximum Gasteiger partial charge on any atom is 0.254 e. The van der Waals surface area contributed by atoms with Gasteiger partial charge < -0.3 is 15.8 Å². The standard InChI is InChI=1S/C13H18F2N2O2/c1-7(2)11(6-19-3)17-13(18)9-4-8(14)5-10(16)12(9)15/h4-5,7,11H,6,16H2,1-3H3,(H,17,18). The average Bonchev–Trinajstić information content (AvgIpc) is 2.32. The van der Waals surface area contributed by atoms with Gasteiger partial charge in [-0.25, -0.2) is 8.78 Å². The summed E-state index contributed by atoms with van der Waals surface area (Å²) in [6.07, 6.45) is 0. The number of hydrogen-bond donors (Lipinski definition) is 2. The fraction of sp³-hybridized carbons (Fsp3) is 0.462. The maximum absolute atomic E-state index is 13.7. The molecule has 0 aliphatic rings. The van der Waals surface area contributed by atoms with E-state index in [4.69, 9.17) is 10.5 Å². The summed E-state index contributed by atoms with van der Waals surface area (Å²) in [5.41, 5.74) is 4.49. The van der Waals surface area contributed by atoms with Gasteiger partial charge in [-0.15, -0.1) is 0 Å². The Morgan fingerprint density at radius 3 is 2.58 bits per heavy atom. The number of amides is 1. The van der Waals surface area contributed by atoms with Gasteiger partial charge in [0.15, 0.2) is 5.82 Å². The van der Waals surface area contributed by atoms with Crippen LogP contribution in [0.5, 0.6) is 0 Å². The van der Waals surface area contributed by atoms with Crippen molar-refractivity contribution in [2.24, 2.45) is 5.92 Å². The molecule has 0 heterocycles. The molecular weight excluding hydrogens is 254 g/mol. The first-order valence-corrected chi connectivity index (χ1v) is 5.91. The number of nitrogen functional groups attached to an aromatic ring is 1. The normalized spacial score (nSPS) is 12.5. The molecule has 1 rings (SSSR count). The number of benzene rings is 1. The van der Waals surface area contributed by atoms with Crippen molar-refractivity contribution in [1.82, 2.24) is 5.32 Å². The van der Waals surface area contributed by atoms with Gasteiger partial charge in [0.1, 0.15) is 5.82 Å². The summed E-state index contributed by atoms with van der Waals surface area (Å²) in [4.78, 5) is 11.9. The quantitative estimate of drug-likeness (QED) is 0.805. The number of methoxy groups -OCH3 is 1. The summed E-state index contributed by atoms with van der Waals surface area (Å²) >= 11 is 0. The van der Waals surface area contributed by atoms with E-state index in [2.05, 4.69) is 5.32 Å². The topological polar surface area (TPSA) is 64.3 Å². The highest BCUT2D eigenvalue weighted by Crippen LogP contribution is 2.18. The molecule has 1 aromatic rings. The van der Waals surface area contributed by atoms with E-state index >= 15 is 0 Å². The molecule has 1 unspecified atom stereocenters. The van der Waals surface area contributed by atoms with E-state index in [0.717, 1.165) is 12.1 Å². The zero-order valence-corrected chi connectivity index (χ0v) is 11.2. The number of halogens is 2. The molecule has 0 saturated heterocycles. The van der Waals surface area contributed by atoms with Gasteiger partial charge in [-0.05, 0) is 18.1 Å². The van der Waals surface area contributed by atoms with Crippen LogP contribution < -0.4 is 11.1 Å². The summed E-state index contributed by atoms with van der Waals surface area (Å²) in [5, 5.41) is 2.60. The largest absolute Gasteiger partial charge is 0.396 e. The molecule has 19 heavy (non-hydrogen) atoms. The summed E-state index contributed by atoms with van der Waals surface area (Å²) < 4.78 is 31.8. The highest BCUT2D eigenvalue weighted by molar-refractivity contribution is 5.95. The second-order valence-electron chi connectivity index (χ2n) is 4.64. The third-order valence-corrected chi connectivity index (χ3v) is 2.78. The van der Waals surface area contributed by atoms with Crippen LogP contribution >= 0.6 is 0 Å². The van der Waals surface area contributed by atoms with Gasteiger partial charge in [0, 0.05) is 7.11 Å². The molecule has 106 valence electrons. The molecule has 0 bridgehead atoms. The molecule has 4 nitrogen and oxygen atoms in total. The summed E-state index contributed by atoms with van der Waals surface area (Å²) in [6.45, 7) is 4.07. The van der Waals surface area contributed by atoms with Crippen LogP contribution in [0.2, 0.25) is 0 Å². The van der Waals surface area contributed by atoms with E-state index in [1.807, 2.05) is 13.8 Å². The predicted octanol–water partition coefficient (Wildman–Crippen LogP) is 1.95. The number of nitrogens with two attached hydrogens (primary N) is 1. The first-order valence-electron chi connectivity index (χ1n) is 5.91. The third kappa shape index (κ3) is 3.89. The van der Waals surface area contributed by atoms with Crippen molar-refractivity contribution in [2.45, 2.75) is 19.9 Å². The van der Waals surface area contributed by atoms with Crippen molar-refractivity contribution in [3.8, 4) is 0 Å². The molecule has 1 aromatic carbocycles. The lowest BCUT2D eigenvalue weighted by atomic mass is 10.0. The predicted molar refractivity (Wildman–Crippen MR) is 68.7 cm³/mol. The molecule has 0 spiro atoms. The van der Waals surface area contributed by atoms with Crippen LogP contribution in [0.15, 0.2) is 12.1 Å². The van der Waals surface area contributed by atoms with Gasteiger partial charge in [0.25, 0.3) is 5.91 Å². The number of carbonyl (C=O) groups is 1. The highest BCUT2D eigenvalue weighted by Gasteiger charge is 2.21. The van der Waals surface area contributed by atoms with Gasteiger partial charge in [0.2, 0.25) is 0 Å². The van der Waals surface area contributed by atoms with Crippen LogP contribution in [0.4, 0.5) is 14.5 Å². The lowest BCUT2D eigenvalue weighted by molar-refractivity contribution is 0.0862. The lowest BCUT2D eigenvalue weighted by Crippen LogP contribution is -2.42. The first-order chi connectivity index (χ1) is 8.86. The monoisotopic (exact) mass is 272 g/mol. The van der Waals surface area contributed by atoms with E-state index in [1.165, 1.54) is 7.11 Å². The minimum atomic E-state index is -0.918. The van der Waals surface area contributed by atoms with E-state index in [0.29, 0.717) is 0 Å². The Morgan fingerprint density at radius 1 is 1.42 bits per heavy atom. The molecule has 0 aliphatic carbocycles. The van der Waals surface area contributed by atoms with Crippen LogP contribution in [-0.4, -0.2) is 25.7 Å². The number of hydrogen-bond acceptors (Lipinski definition) is 3. The van der Waals surface area contributed by atoms with Crippen molar-refractivity contribution in [3.05, 3.63) is 29.3 Å². The van der Waals surface area contributed by atoms with Gasteiger partial charge in [-0.1, -0.05) is 13.8 Å². The highest BCUT2D eigenvalue weighted by atomic mass is 19.1. The van der Waals surface area contributed by atoms with Gasteiger partial charge in [-0.2, -0.15) is 0 Å². The average molecular weight is 272 g/mol. The Morgan fingerprint density at radius 2 is 2.05 bits per heavy atom. The van der Waals surface area contributed by atoms with Crippen molar-refractivity contribution in [2.75, 3.05) is 19.5 Å². The lowest BCUT2D eigenvalue weighted by Gasteiger charge is -2.21. The molecule has 1 amide bonds. The number of anilines is 1. The molecule has 0 aromatic heterocycles. The smallest absolute Gasteiger partial charge is 0.254 e. The van der Waals surface area contributed by atoms with Crippen molar-refractivity contribution in [1.29, 1.82) is 0 Å².